The van der Waals surface area contributed by atoms with E-state index in [2.05, 4.69) is 10.2 Å². The van der Waals surface area contributed by atoms with Crippen LogP contribution in [-0.4, -0.2) is 15.1 Å². The van der Waals surface area contributed by atoms with Crippen LogP contribution in [0.1, 0.15) is 11.1 Å². The van der Waals surface area contributed by atoms with Crippen LogP contribution in [0.25, 0.3) is 11.5 Å². The standard InChI is InChI=1S/C16H10F3N3O3S/c17-16(18,19)12-6-11(7-13(8-12)22(23)24)14-20-21-15(25-14)26-9-10-4-2-1-3-5-10/h1-8H,9H2. The lowest BCUT2D eigenvalue weighted by Gasteiger charge is -2.07. The van der Waals surface area contributed by atoms with Crippen LogP contribution in [-0.2, 0) is 11.9 Å². The van der Waals surface area contributed by atoms with Crippen molar-refractivity contribution in [2.45, 2.75) is 17.2 Å². The van der Waals surface area contributed by atoms with Gasteiger partial charge in [0.05, 0.1) is 10.5 Å². The molecule has 2 aromatic carbocycles. The Bertz CT molecular complexity index is 929. The van der Waals surface area contributed by atoms with Gasteiger partial charge in [0, 0.05) is 23.4 Å². The second kappa shape index (κ2) is 7.16. The maximum atomic E-state index is 12.9. The summed E-state index contributed by atoms with van der Waals surface area (Å²) in [5.74, 6) is 0.320. The summed E-state index contributed by atoms with van der Waals surface area (Å²) in [6.45, 7) is 0. The molecule has 0 bridgehead atoms. The highest BCUT2D eigenvalue weighted by atomic mass is 32.2. The summed E-state index contributed by atoms with van der Waals surface area (Å²) in [6.07, 6.45) is -4.73. The molecule has 26 heavy (non-hydrogen) atoms. The Labute approximate surface area is 149 Å². The molecular weight excluding hydrogens is 371 g/mol. The number of aromatic nitrogens is 2. The number of non-ortho nitro benzene ring substituents is 1. The second-order valence-electron chi connectivity index (χ2n) is 5.17. The van der Waals surface area contributed by atoms with Crippen molar-refractivity contribution >= 4 is 17.4 Å². The van der Waals surface area contributed by atoms with Crippen molar-refractivity contribution in [3.8, 4) is 11.5 Å². The van der Waals surface area contributed by atoms with Crippen LogP contribution >= 0.6 is 11.8 Å². The fourth-order valence-electron chi connectivity index (χ4n) is 2.11. The molecule has 0 unspecified atom stereocenters. The number of thioether (sulfide) groups is 1. The summed E-state index contributed by atoms with van der Waals surface area (Å²) in [5.41, 5.74) is -1.01. The van der Waals surface area contributed by atoms with E-state index < -0.39 is 22.4 Å². The van der Waals surface area contributed by atoms with Crippen LogP contribution in [0.3, 0.4) is 0 Å². The number of halogens is 3. The average molecular weight is 381 g/mol. The minimum atomic E-state index is -4.73. The average Bonchev–Trinajstić information content (AvgIpc) is 3.09. The zero-order chi connectivity index (χ0) is 18.7. The molecule has 0 aliphatic rings. The molecule has 0 atom stereocenters. The van der Waals surface area contributed by atoms with E-state index >= 15 is 0 Å². The van der Waals surface area contributed by atoms with Gasteiger partial charge in [-0.15, -0.1) is 10.2 Å². The van der Waals surface area contributed by atoms with Crippen molar-refractivity contribution in [2.75, 3.05) is 0 Å². The van der Waals surface area contributed by atoms with E-state index in [1.54, 1.807) is 0 Å². The molecule has 3 aromatic rings. The lowest BCUT2D eigenvalue weighted by atomic mass is 10.1. The van der Waals surface area contributed by atoms with Crippen LogP contribution in [0.4, 0.5) is 18.9 Å². The van der Waals surface area contributed by atoms with Crippen molar-refractivity contribution < 1.29 is 22.5 Å². The Morgan fingerprint density at radius 1 is 1.12 bits per heavy atom. The van der Waals surface area contributed by atoms with E-state index in [0.717, 1.165) is 17.7 Å². The van der Waals surface area contributed by atoms with E-state index in [9.17, 15) is 23.3 Å². The van der Waals surface area contributed by atoms with E-state index in [1.807, 2.05) is 30.3 Å². The third-order valence-electron chi connectivity index (χ3n) is 3.31. The Morgan fingerprint density at radius 3 is 2.50 bits per heavy atom. The number of nitro benzene ring substituents is 1. The maximum absolute atomic E-state index is 12.9. The maximum Gasteiger partial charge on any atom is 0.416 e. The molecular formula is C16H10F3N3O3S. The molecule has 1 heterocycles. The first kappa shape index (κ1) is 17.9. The molecule has 0 saturated heterocycles. The number of nitrogens with zero attached hydrogens (tertiary/aromatic N) is 3. The van der Waals surface area contributed by atoms with E-state index in [-0.39, 0.29) is 16.7 Å². The summed E-state index contributed by atoms with van der Waals surface area (Å²) < 4.78 is 44.2. The normalized spacial score (nSPS) is 11.5. The Hall–Kier alpha value is -2.88. The SMILES string of the molecule is O=[N+]([O-])c1cc(-c2nnc(SCc3ccccc3)o2)cc(C(F)(F)F)c1. The van der Waals surface area contributed by atoms with Gasteiger partial charge in [-0.05, 0) is 11.6 Å². The van der Waals surface area contributed by atoms with Gasteiger partial charge >= 0.3 is 6.18 Å². The number of benzene rings is 2. The smallest absolute Gasteiger partial charge is 0.411 e. The largest absolute Gasteiger partial charge is 0.416 e. The van der Waals surface area contributed by atoms with Gasteiger partial charge in [0.25, 0.3) is 10.9 Å². The Morgan fingerprint density at radius 2 is 1.85 bits per heavy atom. The predicted molar refractivity (Wildman–Crippen MR) is 87.4 cm³/mol. The van der Waals surface area contributed by atoms with Gasteiger partial charge in [0.15, 0.2) is 0 Å². The lowest BCUT2D eigenvalue weighted by Crippen LogP contribution is -2.06. The summed E-state index contributed by atoms with van der Waals surface area (Å²) in [7, 11) is 0. The molecule has 0 radical (unpaired) electrons. The lowest BCUT2D eigenvalue weighted by molar-refractivity contribution is -0.385. The molecule has 0 fully saturated rings. The van der Waals surface area contributed by atoms with Crippen molar-refractivity contribution in [3.63, 3.8) is 0 Å². The fraction of sp³-hybridized carbons (Fsp3) is 0.125. The first-order chi connectivity index (χ1) is 12.3. The molecule has 0 aliphatic heterocycles. The van der Waals surface area contributed by atoms with Crippen molar-refractivity contribution in [2.24, 2.45) is 0 Å². The fourth-order valence-corrected chi connectivity index (χ4v) is 2.83. The van der Waals surface area contributed by atoms with Crippen molar-refractivity contribution in [3.05, 3.63) is 69.8 Å². The molecule has 10 heteroatoms. The van der Waals surface area contributed by atoms with Crippen LogP contribution in [0.5, 0.6) is 0 Å². The van der Waals surface area contributed by atoms with Crippen molar-refractivity contribution in [1.82, 2.24) is 10.2 Å². The van der Waals surface area contributed by atoms with Gasteiger partial charge in [0.2, 0.25) is 5.89 Å². The molecule has 0 saturated carbocycles. The van der Waals surface area contributed by atoms with Gasteiger partial charge in [-0.3, -0.25) is 10.1 Å². The monoisotopic (exact) mass is 381 g/mol. The molecule has 0 spiro atoms. The highest BCUT2D eigenvalue weighted by Crippen LogP contribution is 2.35. The molecule has 3 rings (SSSR count). The summed E-state index contributed by atoms with van der Waals surface area (Å²) in [4.78, 5) is 9.99. The third kappa shape index (κ3) is 4.20. The van der Waals surface area contributed by atoms with E-state index in [0.29, 0.717) is 11.8 Å². The molecule has 0 amide bonds. The highest BCUT2D eigenvalue weighted by Gasteiger charge is 2.33. The number of alkyl halides is 3. The third-order valence-corrected chi connectivity index (χ3v) is 4.20. The quantitative estimate of drug-likeness (QED) is 0.353. The van der Waals surface area contributed by atoms with Crippen LogP contribution < -0.4 is 0 Å². The van der Waals surface area contributed by atoms with E-state index in [4.69, 9.17) is 4.42 Å². The number of nitro groups is 1. The second-order valence-corrected chi connectivity index (χ2v) is 6.10. The number of hydrogen-bond acceptors (Lipinski definition) is 6. The summed E-state index contributed by atoms with van der Waals surface area (Å²) in [5, 5.41) is 18.5. The van der Waals surface area contributed by atoms with Gasteiger partial charge in [-0.25, -0.2) is 0 Å². The number of rotatable bonds is 5. The minimum Gasteiger partial charge on any atom is -0.411 e. The first-order valence-corrected chi connectivity index (χ1v) is 8.19. The van der Waals surface area contributed by atoms with Crippen LogP contribution in [0, 0.1) is 10.1 Å². The Balaban J connectivity index is 1.86. The van der Waals surface area contributed by atoms with Crippen molar-refractivity contribution in [1.29, 1.82) is 0 Å². The highest BCUT2D eigenvalue weighted by molar-refractivity contribution is 7.98. The molecule has 0 aliphatic carbocycles. The van der Waals surface area contributed by atoms with Gasteiger partial charge in [-0.1, -0.05) is 42.1 Å². The van der Waals surface area contributed by atoms with E-state index in [1.165, 1.54) is 11.8 Å². The van der Waals surface area contributed by atoms with Gasteiger partial charge in [-0.2, -0.15) is 13.2 Å². The zero-order valence-corrected chi connectivity index (χ0v) is 13.8. The summed E-state index contributed by atoms with van der Waals surface area (Å²) in [6, 6.07) is 11.6. The molecule has 0 N–H and O–H groups in total. The minimum absolute atomic E-state index is 0.156. The van der Waals surface area contributed by atoms with Gasteiger partial charge in [0.1, 0.15) is 0 Å². The zero-order valence-electron chi connectivity index (χ0n) is 12.9. The van der Waals surface area contributed by atoms with Gasteiger partial charge < -0.3 is 4.42 Å². The molecule has 134 valence electrons. The first-order valence-electron chi connectivity index (χ1n) is 7.20. The van der Waals surface area contributed by atoms with Crippen LogP contribution in [0.15, 0.2) is 58.2 Å². The topological polar surface area (TPSA) is 82.1 Å². The predicted octanol–water partition coefficient (Wildman–Crippen LogP) is 4.96. The van der Waals surface area contributed by atoms with Crippen LogP contribution in [0.2, 0.25) is 0 Å². The number of hydrogen-bond donors (Lipinski definition) is 0. The molecule has 1 aromatic heterocycles. The summed E-state index contributed by atoms with van der Waals surface area (Å²) >= 11 is 1.21. The molecule has 6 nitrogen and oxygen atoms in total. The Kier molecular flexibility index (Phi) is 4.94.